The van der Waals surface area contributed by atoms with Crippen LogP contribution >= 0.6 is 22.9 Å². The Balaban J connectivity index is 1.61. The molecule has 2 unspecified atom stereocenters. The highest BCUT2D eigenvalue weighted by Crippen LogP contribution is 2.38. The van der Waals surface area contributed by atoms with Crippen LogP contribution in [0.5, 0.6) is 0 Å². The minimum Gasteiger partial charge on any atom is -0.394 e. The Labute approximate surface area is 192 Å². The standard InChI is InChI=1S/C22H21ClFNO6S/c23-15-4-2-13(22(30)21(29)20(28)19(27)16(10-26)31-22)7-12(15)8-14-3-5-17(32-14)11-1-6-18(24)25-9-11/h1-7,9,16,19-21,26-30H,8,10H2/t16?,19-,20+,21-,22?/m1/s1. The molecule has 32 heavy (non-hydrogen) atoms. The molecule has 0 spiro atoms. The van der Waals surface area contributed by atoms with Gasteiger partial charge in [0.25, 0.3) is 0 Å². The number of pyridine rings is 1. The van der Waals surface area contributed by atoms with E-state index in [2.05, 4.69) is 4.98 Å². The Hall–Kier alpha value is -1.95. The van der Waals surface area contributed by atoms with Crippen LogP contribution in [0, 0.1) is 5.95 Å². The number of halogens is 2. The van der Waals surface area contributed by atoms with Gasteiger partial charge in [0.15, 0.2) is 0 Å². The van der Waals surface area contributed by atoms with Gasteiger partial charge in [0, 0.05) is 38.5 Å². The van der Waals surface area contributed by atoms with E-state index in [1.807, 2.05) is 12.1 Å². The summed E-state index contributed by atoms with van der Waals surface area (Å²) in [7, 11) is 0. The number of hydrogen-bond acceptors (Lipinski definition) is 8. The summed E-state index contributed by atoms with van der Waals surface area (Å²) in [6.07, 6.45) is -4.59. The van der Waals surface area contributed by atoms with Gasteiger partial charge in [0.05, 0.1) is 6.61 Å². The first kappa shape index (κ1) is 23.2. The van der Waals surface area contributed by atoms with Gasteiger partial charge in [-0.2, -0.15) is 4.39 Å². The van der Waals surface area contributed by atoms with Crippen molar-refractivity contribution in [3.63, 3.8) is 0 Å². The molecule has 2 aromatic heterocycles. The lowest BCUT2D eigenvalue weighted by atomic mass is 9.87. The van der Waals surface area contributed by atoms with Crippen molar-refractivity contribution >= 4 is 22.9 Å². The maximum Gasteiger partial charge on any atom is 0.222 e. The Morgan fingerprint density at radius 2 is 1.88 bits per heavy atom. The topological polar surface area (TPSA) is 123 Å². The zero-order valence-electron chi connectivity index (χ0n) is 16.6. The summed E-state index contributed by atoms with van der Waals surface area (Å²) in [5.41, 5.74) is 1.52. The molecule has 0 bridgehead atoms. The van der Waals surface area contributed by atoms with E-state index in [1.54, 1.807) is 12.1 Å². The van der Waals surface area contributed by atoms with Crippen LogP contribution in [0.1, 0.15) is 16.0 Å². The summed E-state index contributed by atoms with van der Waals surface area (Å²) in [5, 5.41) is 51.3. The Bertz CT molecular complexity index is 1090. The van der Waals surface area contributed by atoms with Crippen molar-refractivity contribution in [2.24, 2.45) is 0 Å². The van der Waals surface area contributed by atoms with Crippen molar-refractivity contribution in [3.8, 4) is 10.4 Å². The zero-order valence-corrected chi connectivity index (χ0v) is 18.2. The number of aliphatic hydroxyl groups excluding tert-OH is 4. The summed E-state index contributed by atoms with van der Waals surface area (Å²) in [6, 6.07) is 11.2. The van der Waals surface area contributed by atoms with Crippen LogP contribution in [0.3, 0.4) is 0 Å². The molecule has 0 amide bonds. The summed E-state index contributed by atoms with van der Waals surface area (Å²) < 4.78 is 18.5. The van der Waals surface area contributed by atoms with Crippen LogP contribution in [0.15, 0.2) is 48.7 Å². The summed E-state index contributed by atoms with van der Waals surface area (Å²) >= 11 is 7.83. The zero-order chi connectivity index (χ0) is 23.0. The molecule has 1 saturated heterocycles. The molecule has 4 rings (SSSR count). The highest BCUT2D eigenvalue weighted by atomic mass is 35.5. The van der Waals surface area contributed by atoms with Gasteiger partial charge >= 0.3 is 0 Å². The van der Waals surface area contributed by atoms with Gasteiger partial charge in [-0.1, -0.05) is 17.7 Å². The second-order valence-corrected chi connectivity index (χ2v) is 9.16. The third kappa shape index (κ3) is 4.30. The normalized spacial score (nSPS) is 28.1. The van der Waals surface area contributed by atoms with Crippen molar-refractivity contribution in [3.05, 3.63) is 75.6 Å². The molecule has 1 aliphatic rings. The third-order valence-electron chi connectivity index (χ3n) is 5.46. The number of hydrogen-bond donors (Lipinski definition) is 5. The Morgan fingerprint density at radius 1 is 1.09 bits per heavy atom. The number of ether oxygens (including phenoxy) is 1. The second-order valence-electron chi connectivity index (χ2n) is 7.58. The summed E-state index contributed by atoms with van der Waals surface area (Å²) in [6.45, 7) is -0.663. The monoisotopic (exact) mass is 481 g/mol. The van der Waals surface area contributed by atoms with Gasteiger partial charge in [-0.3, -0.25) is 0 Å². The number of thiophene rings is 1. The fourth-order valence-corrected chi connectivity index (χ4v) is 4.87. The van der Waals surface area contributed by atoms with Crippen LogP contribution in [0.2, 0.25) is 5.02 Å². The lowest BCUT2D eigenvalue weighted by molar-refractivity contribution is -0.357. The predicted octanol–water partition coefficient (Wildman–Crippen LogP) is 1.81. The lowest BCUT2D eigenvalue weighted by Gasteiger charge is -2.45. The number of benzene rings is 1. The van der Waals surface area contributed by atoms with Crippen molar-refractivity contribution in [2.45, 2.75) is 36.6 Å². The molecule has 1 fully saturated rings. The number of nitrogens with zero attached hydrogens (tertiary/aromatic N) is 1. The van der Waals surface area contributed by atoms with Crippen molar-refractivity contribution in [1.82, 2.24) is 4.98 Å². The van der Waals surface area contributed by atoms with E-state index in [4.69, 9.17) is 16.3 Å². The predicted molar refractivity (Wildman–Crippen MR) is 116 cm³/mol. The largest absolute Gasteiger partial charge is 0.394 e. The molecule has 1 aromatic carbocycles. The average molecular weight is 482 g/mol. The number of aliphatic hydroxyl groups is 5. The Kier molecular flexibility index (Phi) is 6.62. The van der Waals surface area contributed by atoms with E-state index in [1.165, 1.54) is 35.7 Å². The molecule has 3 heterocycles. The molecular weight excluding hydrogens is 461 g/mol. The van der Waals surface area contributed by atoms with Gasteiger partial charge in [-0.05, 0) is 42.0 Å². The highest BCUT2D eigenvalue weighted by Gasteiger charge is 2.53. The van der Waals surface area contributed by atoms with Gasteiger partial charge in [-0.15, -0.1) is 11.3 Å². The molecule has 1 aliphatic heterocycles. The molecular formula is C22H21ClFNO6S. The first-order valence-corrected chi connectivity index (χ1v) is 11.0. The maximum absolute atomic E-state index is 13.1. The smallest absolute Gasteiger partial charge is 0.222 e. The van der Waals surface area contributed by atoms with Crippen LogP contribution < -0.4 is 0 Å². The van der Waals surface area contributed by atoms with Gasteiger partial charge in [0.1, 0.15) is 24.4 Å². The van der Waals surface area contributed by atoms with Gasteiger partial charge in [0.2, 0.25) is 11.7 Å². The van der Waals surface area contributed by atoms with Crippen molar-refractivity contribution in [1.29, 1.82) is 0 Å². The molecule has 10 heteroatoms. The molecule has 3 aromatic rings. The van der Waals surface area contributed by atoms with Gasteiger partial charge < -0.3 is 30.3 Å². The molecule has 0 radical (unpaired) electrons. The van der Waals surface area contributed by atoms with Crippen molar-refractivity contribution in [2.75, 3.05) is 6.61 Å². The maximum atomic E-state index is 13.1. The average Bonchev–Trinajstić information content (AvgIpc) is 3.25. The first-order valence-electron chi connectivity index (χ1n) is 9.77. The number of aromatic nitrogens is 1. The quantitative estimate of drug-likeness (QED) is 0.352. The Morgan fingerprint density at radius 3 is 2.56 bits per heavy atom. The molecule has 170 valence electrons. The molecule has 7 nitrogen and oxygen atoms in total. The van der Waals surface area contributed by atoms with Crippen molar-refractivity contribution < 1.29 is 34.7 Å². The first-order chi connectivity index (χ1) is 15.2. The summed E-state index contributed by atoms with van der Waals surface area (Å²) in [5.74, 6) is -2.91. The van der Waals surface area contributed by atoms with Crippen LogP contribution in [0.25, 0.3) is 10.4 Å². The lowest BCUT2D eigenvalue weighted by Crippen LogP contribution is -2.63. The molecule has 0 aliphatic carbocycles. The third-order valence-corrected chi connectivity index (χ3v) is 6.97. The van der Waals surface area contributed by atoms with E-state index < -0.39 is 42.8 Å². The van der Waals surface area contributed by atoms with Crippen LogP contribution in [-0.2, 0) is 16.9 Å². The fourth-order valence-electron chi connectivity index (χ4n) is 3.66. The summed E-state index contributed by atoms with van der Waals surface area (Å²) in [4.78, 5) is 5.49. The van der Waals surface area contributed by atoms with E-state index in [-0.39, 0.29) is 5.56 Å². The van der Waals surface area contributed by atoms with E-state index in [9.17, 15) is 29.9 Å². The molecule has 0 saturated carbocycles. The van der Waals surface area contributed by atoms with Gasteiger partial charge in [-0.25, -0.2) is 4.98 Å². The SMILES string of the molecule is OCC1OC(O)(c2ccc(Cl)c(Cc3ccc(-c4ccc(F)nc4)s3)c2)[C@H](O)[C@@H](O)[C@@H]1O. The van der Waals surface area contributed by atoms with Crippen LogP contribution in [-0.4, -0.2) is 61.5 Å². The number of rotatable bonds is 5. The minimum absolute atomic E-state index is 0.119. The van der Waals surface area contributed by atoms with E-state index in [0.29, 0.717) is 17.0 Å². The second kappa shape index (κ2) is 9.12. The molecule has 5 atom stereocenters. The molecule has 5 N–H and O–H groups in total. The minimum atomic E-state index is -2.36. The highest BCUT2D eigenvalue weighted by molar-refractivity contribution is 7.15. The van der Waals surface area contributed by atoms with E-state index in [0.717, 1.165) is 15.3 Å². The van der Waals surface area contributed by atoms with Crippen LogP contribution in [0.4, 0.5) is 4.39 Å². The van der Waals surface area contributed by atoms with E-state index >= 15 is 0 Å². The fraction of sp³-hybridized carbons (Fsp3) is 0.318.